The third-order valence-corrected chi connectivity index (χ3v) is 5.13. The van der Waals surface area contributed by atoms with E-state index in [4.69, 9.17) is 4.74 Å². The molecule has 6 heteroatoms. The minimum absolute atomic E-state index is 0.133. The molecule has 0 aliphatic carbocycles. The number of hydrazone groups is 1. The molecular weight excluding hydrogens is 507 g/mol. The molecule has 2 aromatic rings. The van der Waals surface area contributed by atoms with Crippen LogP contribution in [0.2, 0.25) is 0 Å². The van der Waals surface area contributed by atoms with Gasteiger partial charge in [0.15, 0.2) is 0 Å². The molecule has 1 aliphatic heterocycles. The molecule has 0 radical (unpaired) electrons. The Balaban J connectivity index is 1.92. The number of anilines is 1. The van der Waals surface area contributed by atoms with Crippen molar-refractivity contribution in [1.29, 1.82) is 0 Å². The van der Waals surface area contributed by atoms with Gasteiger partial charge in [0.25, 0.3) is 5.91 Å². The first-order valence-corrected chi connectivity index (χ1v) is 9.78. The molecule has 1 aliphatic rings. The van der Waals surface area contributed by atoms with Crippen LogP contribution in [0.15, 0.2) is 70.3 Å². The van der Waals surface area contributed by atoms with Gasteiger partial charge in [-0.1, -0.05) is 30.9 Å². The van der Waals surface area contributed by atoms with Crippen LogP contribution < -0.4 is 9.75 Å². The third-order valence-electron chi connectivity index (χ3n) is 3.74. The van der Waals surface area contributed by atoms with Crippen LogP contribution in [0.5, 0.6) is 5.75 Å². The lowest BCUT2D eigenvalue weighted by atomic mass is 10.1. The summed E-state index contributed by atoms with van der Waals surface area (Å²) in [6.45, 7) is 5.94. The van der Waals surface area contributed by atoms with Crippen LogP contribution in [-0.4, -0.2) is 18.2 Å². The van der Waals surface area contributed by atoms with Gasteiger partial charge in [-0.25, -0.2) is 0 Å². The summed E-state index contributed by atoms with van der Waals surface area (Å²) in [6, 6.07) is 13.3. The van der Waals surface area contributed by atoms with E-state index >= 15 is 0 Å². The predicted octanol–water partition coefficient (Wildman–Crippen LogP) is 5.42. The summed E-state index contributed by atoms with van der Waals surface area (Å²) in [5.74, 6) is 0.633. The van der Waals surface area contributed by atoms with E-state index in [1.165, 1.54) is 5.01 Å². The number of hydrogen-bond acceptors (Lipinski definition) is 3. The number of carbonyl (C=O) groups is 1. The van der Waals surface area contributed by atoms with Crippen molar-refractivity contribution in [2.45, 2.75) is 6.92 Å². The average Bonchev–Trinajstić information content (AvgIpc) is 2.90. The Hall–Kier alpha value is -1.93. The van der Waals surface area contributed by atoms with Crippen molar-refractivity contribution in [3.63, 3.8) is 0 Å². The number of carbonyl (C=O) groups excluding carboxylic acids is 1. The number of halogens is 2. The molecule has 0 saturated carbocycles. The van der Waals surface area contributed by atoms with E-state index in [-0.39, 0.29) is 5.91 Å². The van der Waals surface area contributed by atoms with Gasteiger partial charge in [-0.3, -0.25) is 4.79 Å². The molecule has 1 amide bonds. The van der Waals surface area contributed by atoms with E-state index < -0.39 is 0 Å². The lowest BCUT2D eigenvalue weighted by Crippen LogP contribution is -2.21. The van der Waals surface area contributed by atoms with Crippen LogP contribution in [0, 0.1) is 3.57 Å². The number of rotatable bonds is 5. The summed E-state index contributed by atoms with van der Waals surface area (Å²) in [6.07, 6.45) is 3.56. The first-order valence-electron chi connectivity index (χ1n) is 7.90. The second kappa shape index (κ2) is 8.18. The largest absolute Gasteiger partial charge is 0.487 e. The maximum atomic E-state index is 12.8. The van der Waals surface area contributed by atoms with Gasteiger partial charge in [0.1, 0.15) is 12.4 Å². The van der Waals surface area contributed by atoms with Crippen molar-refractivity contribution >= 4 is 61.9 Å². The Labute approximate surface area is 174 Å². The summed E-state index contributed by atoms with van der Waals surface area (Å²) >= 11 is 5.76. The second-order valence-corrected chi connectivity index (χ2v) is 7.63. The molecule has 0 saturated heterocycles. The van der Waals surface area contributed by atoms with E-state index in [1.807, 2.05) is 55.5 Å². The molecule has 0 aromatic heterocycles. The van der Waals surface area contributed by atoms with Crippen molar-refractivity contribution < 1.29 is 9.53 Å². The quantitative estimate of drug-likeness (QED) is 0.299. The molecule has 132 valence electrons. The van der Waals surface area contributed by atoms with E-state index in [2.05, 4.69) is 50.2 Å². The minimum atomic E-state index is -0.133. The highest BCUT2D eigenvalue weighted by atomic mass is 127. The lowest BCUT2D eigenvalue weighted by molar-refractivity contribution is -0.114. The molecule has 26 heavy (non-hydrogen) atoms. The number of amides is 1. The molecular formula is C20H16BrIN2O2. The topological polar surface area (TPSA) is 41.9 Å². The summed E-state index contributed by atoms with van der Waals surface area (Å²) in [5.41, 5.74) is 2.93. The van der Waals surface area contributed by atoms with Crippen molar-refractivity contribution in [3.8, 4) is 5.75 Å². The van der Waals surface area contributed by atoms with E-state index in [0.717, 1.165) is 25.0 Å². The second-order valence-electron chi connectivity index (χ2n) is 5.61. The van der Waals surface area contributed by atoms with Crippen molar-refractivity contribution in [1.82, 2.24) is 0 Å². The molecule has 0 fully saturated rings. The van der Waals surface area contributed by atoms with Gasteiger partial charge in [0.2, 0.25) is 0 Å². The first kappa shape index (κ1) is 18.8. The molecule has 0 bridgehead atoms. The Morgan fingerprint density at radius 3 is 2.69 bits per heavy atom. The fourth-order valence-corrected chi connectivity index (χ4v) is 4.31. The Bertz CT molecular complexity index is 900. The zero-order valence-corrected chi connectivity index (χ0v) is 17.8. The van der Waals surface area contributed by atoms with Gasteiger partial charge in [-0.15, -0.1) is 0 Å². The molecule has 1 heterocycles. The Morgan fingerprint density at radius 2 is 2.04 bits per heavy atom. The van der Waals surface area contributed by atoms with E-state index in [0.29, 0.717) is 17.9 Å². The van der Waals surface area contributed by atoms with Gasteiger partial charge in [0.05, 0.1) is 25.0 Å². The van der Waals surface area contributed by atoms with E-state index in [1.54, 1.807) is 6.08 Å². The molecule has 0 spiro atoms. The third kappa shape index (κ3) is 3.91. The van der Waals surface area contributed by atoms with Gasteiger partial charge in [0, 0.05) is 0 Å². The fourth-order valence-electron chi connectivity index (χ4n) is 2.54. The summed E-state index contributed by atoms with van der Waals surface area (Å²) in [4.78, 5) is 12.8. The highest BCUT2D eigenvalue weighted by molar-refractivity contribution is 14.1. The SMILES string of the molecule is C=CCOc1c(Br)cc(/C=C2/C(=O)N(c3ccccc3)N=C2C)cc1I. The number of ether oxygens (including phenoxy) is 1. The Morgan fingerprint density at radius 1 is 1.31 bits per heavy atom. The maximum Gasteiger partial charge on any atom is 0.280 e. The van der Waals surface area contributed by atoms with Crippen LogP contribution in [0.3, 0.4) is 0 Å². The summed E-state index contributed by atoms with van der Waals surface area (Å²) < 4.78 is 7.45. The summed E-state index contributed by atoms with van der Waals surface area (Å²) in [7, 11) is 0. The van der Waals surface area contributed by atoms with Crippen molar-refractivity contribution in [2.75, 3.05) is 11.6 Å². The molecule has 0 unspecified atom stereocenters. The molecule has 0 N–H and O–H groups in total. The maximum absolute atomic E-state index is 12.8. The van der Waals surface area contributed by atoms with Crippen LogP contribution in [0.1, 0.15) is 12.5 Å². The van der Waals surface area contributed by atoms with Crippen LogP contribution >= 0.6 is 38.5 Å². The number of hydrogen-bond donors (Lipinski definition) is 0. The minimum Gasteiger partial charge on any atom is -0.487 e. The van der Waals surface area contributed by atoms with E-state index in [9.17, 15) is 4.79 Å². The smallest absolute Gasteiger partial charge is 0.280 e. The van der Waals surface area contributed by atoms with Crippen LogP contribution in [-0.2, 0) is 4.79 Å². The first-order chi connectivity index (χ1) is 12.5. The standard InChI is InChI=1S/C20H16BrIN2O2/c1-3-9-26-19-17(21)11-14(12-18(19)22)10-16-13(2)23-24(20(16)25)15-7-5-4-6-8-15/h3-8,10-12H,1,9H2,2H3/b16-10+. The van der Waals surface area contributed by atoms with Gasteiger partial charge in [-0.05, 0) is 81.3 Å². The van der Waals surface area contributed by atoms with Crippen molar-refractivity contribution in [3.05, 3.63) is 74.3 Å². The number of para-hydroxylation sites is 1. The van der Waals surface area contributed by atoms with Gasteiger partial charge < -0.3 is 4.74 Å². The zero-order chi connectivity index (χ0) is 18.7. The van der Waals surface area contributed by atoms with Gasteiger partial charge >= 0.3 is 0 Å². The van der Waals surface area contributed by atoms with Crippen LogP contribution in [0.4, 0.5) is 5.69 Å². The average molecular weight is 523 g/mol. The molecule has 0 atom stereocenters. The molecule has 2 aromatic carbocycles. The lowest BCUT2D eigenvalue weighted by Gasteiger charge is -2.11. The van der Waals surface area contributed by atoms with Crippen molar-refractivity contribution in [2.24, 2.45) is 5.10 Å². The molecule has 4 nitrogen and oxygen atoms in total. The monoisotopic (exact) mass is 522 g/mol. The highest BCUT2D eigenvalue weighted by Gasteiger charge is 2.28. The number of benzene rings is 2. The van der Waals surface area contributed by atoms with Crippen LogP contribution in [0.25, 0.3) is 6.08 Å². The normalized spacial score (nSPS) is 15.3. The predicted molar refractivity (Wildman–Crippen MR) is 118 cm³/mol. The summed E-state index contributed by atoms with van der Waals surface area (Å²) in [5, 5.41) is 5.84. The number of nitrogens with zero attached hydrogens (tertiary/aromatic N) is 2. The fraction of sp³-hybridized carbons (Fsp3) is 0.100. The highest BCUT2D eigenvalue weighted by Crippen LogP contribution is 2.33. The van der Waals surface area contributed by atoms with Gasteiger partial charge in [-0.2, -0.15) is 10.1 Å². The zero-order valence-electron chi connectivity index (χ0n) is 14.1. The Kier molecular flexibility index (Phi) is 5.93. The molecule has 3 rings (SSSR count).